The van der Waals surface area contributed by atoms with Crippen LogP contribution < -0.4 is 0 Å². The van der Waals surface area contributed by atoms with Crippen molar-refractivity contribution in [3.05, 3.63) is 197 Å². The number of hydrogen-bond acceptors (Lipinski definition) is 0. The molecule has 0 saturated carbocycles. The van der Waals surface area contributed by atoms with E-state index in [1.807, 2.05) is 27.7 Å². The van der Waals surface area contributed by atoms with Crippen LogP contribution in [0.2, 0.25) is 0 Å². The Labute approximate surface area is 354 Å². The van der Waals surface area contributed by atoms with Gasteiger partial charge in [-0.05, 0) is 137 Å². The van der Waals surface area contributed by atoms with Crippen LogP contribution in [0.1, 0.15) is 108 Å². The fourth-order valence-corrected chi connectivity index (χ4v) is 9.41. The van der Waals surface area contributed by atoms with Crippen molar-refractivity contribution in [1.82, 2.24) is 0 Å². The summed E-state index contributed by atoms with van der Waals surface area (Å²) >= 11 is 0. The molecule has 0 radical (unpaired) electrons. The summed E-state index contributed by atoms with van der Waals surface area (Å²) in [6, 6.07) is 59.6. The van der Waals surface area contributed by atoms with Gasteiger partial charge in [0, 0.05) is 0 Å². The Morgan fingerprint density at radius 3 is 1.47 bits per heavy atom. The Morgan fingerprint density at radius 1 is 0.407 bits per heavy atom. The summed E-state index contributed by atoms with van der Waals surface area (Å²) in [5.41, 5.74) is 18.6. The first kappa shape index (κ1) is 41.2. The maximum atomic E-state index is 2.59. The zero-order valence-corrected chi connectivity index (χ0v) is 36.5. The van der Waals surface area contributed by atoms with Gasteiger partial charge in [-0.2, -0.15) is 0 Å². The van der Waals surface area contributed by atoms with Gasteiger partial charge in [-0.3, -0.25) is 0 Å². The first-order valence-corrected chi connectivity index (χ1v) is 22.3. The molecular weight excluding hydrogens is 709 g/mol. The van der Waals surface area contributed by atoms with E-state index < -0.39 is 5.41 Å². The van der Waals surface area contributed by atoms with Crippen LogP contribution in [0.3, 0.4) is 0 Å². The molecule has 59 heavy (non-hydrogen) atoms. The van der Waals surface area contributed by atoms with E-state index in [-0.39, 0.29) is 0 Å². The van der Waals surface area contributed by atoms with Gasteiger partial charge >= 0.3 is 0 Å². The predicted molar refractivity (Wildman–Crippen MR) is 261 cm³/mol. The molecule has 3 aliphatic carbocycles. The van der Waals surface area contributed by atoms with Crippen molar-refractivity contribution in [2.75, 3.05) is 0 Å². The smallest absolute Gasteiger partial charge is 0.0726 e. The van der Waals surface area contributed by atoms with E-state index in [2.05, 4.69) is 198 Å². The molecule has 8 aromatic carbocycles. The fourth-order valence-electron chi connectivity index (χ4n) is 9.41. The Morgan fingerprint density at radius 2 is 0.881 bits per heavy atom. The average molecular weight is 769 g/mol. The predicted octanol–water partition coefficient (Wildman–Crippen LogP) is 17.5. The van der Waals surface area contributed by atoms with Crippen LogP contribution in [0.15, 0.2) is 164 Å². The average Bonchev–Trinajstić information content (AvgIpc) is 3.77. The molecule has 0 aromatic heterocycles. The lowest BCUT2D eigenvalue weighted by molar-refractivity contribution is 0.793. The summed E-state index contributed by atoms with van der Waals surface area (Å²) < 4.78 is 0. The molecule has 0 fully saturated rings. The van der Waals surface area contributed by atoms with E-state index in [0.717, 1.165) is 12.8 Å². The summed E-state index contributed by atoms with van der Waals surface area (Å²) in [6.07, 6.45) is 9.43. The van der Waals surface area contributed by atoms with Gasteiger partial charge in [0.25, 0.3) is 0 Å². The third-order valence-corrected chi connectivity index (χ3v) is 11.5. The summed E-state index contributed by atoms with van der Waals surface area (Å²) in [4.78, 5) is 0. The summed E-state index contributed by atoms with van der Waals surface area (Å²) in [7, 11) is 0. The summed E-state index contributed by atoms with van der Waals surface area (Å²) in [5, 5.41) is 5.11. The van der Waals surface area contributed by atoms with Gasteiger partial charge in [-0.1, -0.05) is 214 Å². The quantitative estimate of drug-likeness (QED) is 0.164. The minimum atomic E-state index is -0.420. The highest BCUT2D eigenvalue weighted by molar-refractivity contribution is 6.01. The van der Waals surface area contributed by atoms with Crippen molar-refractivity contribution >= 4 is 27.6 Å². The molecule has 8 aromatic rings. The zero-order valence-electron chi connectivity index (χ0n) is 36.5. The number of hydrogen-bond donors (Lipinski definition) is 0. The van der Waals surface area contributed by atoms with Gasteiger partial charge < -0.3 is 0 Å². The van der Waals surface area contributed by atoms with Crippen molar-refractivity contribution in [1.29, 1.82) is 0 Å². The number of rotatable bonds is 2. The second-order valence-corrected chi connectivity index (χ2v) is 15.3. The monoisotopic (exact) mass is 768 g/mol. The van der Waals surface area contributed by atoms with Crippen LogP contribution in [0.5, 0.6) is 0 Å². The van der Waals surface area contributed by atoms with Crippen molar-refractivity contribution < 1.29 is 0 Å². The second-order valence-electron chi connectivity index (χ2n) is 15.3. The van der Waals surface area contributed by atoms with E-state index in [1.54, 1.807) is 0 Å². The molecule has 0 heterocycles. The van der Waals surface area contributed by atoms with Crippen molar-refractivity contribution in [2.24, 2.45) is 0 Å². The van der Waals surface area contributed by atoms with Crippen LogP contribution in [-0.2, 0) is 11.8 Å². The number of allylic oxidation sites excluding steroid dienone is 1. The molecule has 0 N–H and O–H groups in total. The van der Waals surface area contributed by atoms with E-state index in [1.165, 1.54) is 112 Å². The lowest BCUT2D eigenvalue weighted by atomic mass is 9.69. The van der Waals surface area contributed by atoms with Gasteiger partial charge in [0.1, 0.15) is 0 Å². The van der Waals surface area contributed by atoms with Gasteiger partial charge in [-0.15, -0.1) is 0 Å². The van der Waals surface area contributed by atoms with Crippen molar-refractivity contribution in [3.8, 4) is 44.5 Å². The highest BCUT2D eigenvalue weighted by atomic mass is 14.5. The molecular formula is C59H60. The number of fused-ring (bicyclic) bond motifs is 14. The zero-order chi connectivity index (χ0) is 41.5. The molecule has 3 aliphatic rings. The highest BCUT2D eigenvalue weighted by Crippen LogP contribution is 2.65. The third-order valence-electron chi connectivity index (χ3n) is 11.5. The van der Waals surface area contributed by atoms with Gasteiger partial charge in [0.15, 0.2) is 0 Å². The molecule has 0 amide bonds. The summed E-state index contributed by atoms with van der Waals surface area (Å²) in [6.45, 7) is 16.5. The first-order chi connectivity index (χ1) is 29.1. The van der Waals surface area contributed by atoms with Crippen molar-refractivity contribution in [3.63, 3.8) is 0 Å². The topological polar surface area (TPSA) is 0 Å². The number of benzene rings is 8. The Hall–Kier alpha value is -5.98. The van der Waals surface area contributed by atoms with Gasteiger partial charge in [0.05, 0.1) is 5.41 Å². The molecule has 0 atom stereocenters. The van der Waals surface area contributed by atoms with Crippen LogP contribution in [0.25, 0.3) is 72.1 Å². The molecule has 0 nitrogen and oxygen atoms in total. The molecule has 1 spiro atoms. The normalized spacial score (nSPS) is 12.8. The second kappa shape index (κ2) is 18.3. The molecule has 0 heteroatoms. The minimum absolute atomic E-state index is 0.420. The van der Waals surface area contributed by atoms with E-state index in [0.29, 0.717) is 0 Å². The third kappa shape index (κ3) is 7.03. The lowest BCUT2D eigenvalue weighted by Crippen LogP contribution is -2.26. The maximum absolute atomic E-state index is 2.59. The van der Waals surface area contributed by atoms with Gasteiger partial charge in [-0.25, -0.2) is 0 Å². The van der Waals surface area contributed by atoms with Gasteiger partial charge in [0.2, 0.25) is 0 Å². The first-order valence-electron chi connectivity index (χ1n) is 22.3. The summed E-state index contributed by atoms with van der Waals surface area (Å²) in [5.74, 6) is 0. The lowest BCUT2D eigenvalue weighted by Gasteiger charge is -2.32. The van der Waals surface area contributed by atoms with Crippen LogP contribution in [0.4, 0.5) is 0 Å². The SMILES string of the molecule is C1=Cc2c(c(-c3ccc4ccccc4c3)cc3c2-c2ccc(-c4ccc5ccccc5c4)cc2C32c3ccccc3-c3ccccc32)CC1.CC.CC.CCC.CCC. The highest BCUT2D eigenvalue weighted by Gasteiger charge is 2.52. The Bertz CT molecular complexity index is 2710. The standard InChI is InChI=1S/C49H32.2C3H8.2C2H6/c1-3-13-33-27-35(23-21-31(33)11-1)36-25-26-42-46(29-36)49(44-19-9-7-16-39(44)40-17-8-10-20-45(40)49)47-30-43(38-15-5-6-18-41(38)48(42)47)37-24-22-32-12-2-4-14-34(32)28-37;2*1-3-2;2*1-2/h1-4,6-14,16-30H,5,15H2;2*3H2,1-2H3;2*1-2H3. The van der Waals surface area contributed by atoms with Crippen molar-refractivity contribution in [2.45, 2.75) is 86.5 Å². The Kier molecular flexibility index (Phi) is 12.8. The molecule has 0 bridgehead atoms. The maximum Gasteiger partial charge on any atom is 0.0726 e. The molecule has 0 aliphatic heterocycles. The molecule has 11 rings (SSSR count). The molecule has 0 unspecified atom stereocenters. The van der Waals surface area contributed by atoms with Crippen LogP contribution in [-0.4, -0.2) is 0 Å². The fraction of sp³-hybridized carbons (Fsp3) is 0.220. The van der Waals surface area contributed by atoms with Crippen LogP contribution in [0, 0.1) is 0 Å². The largest absolute Gasteiger partial charge is 0.0836 e. The van der Waals surface area contributed by atoms with E-state index >= 15 is 0 Å². The minimum Gasteiger partial charge on any atom is -0.0836 e. The Balaban J connectivity index is 0.000000488. The van der Waals surface area contributed by atoms with E-state index in [9.17, 15) is 0 Å². The van der Waals surface area contributed by atoms with E-state index in [4.69, 9.17) is 0 Å². The molecule has 296 valence electrons. The van der Waals surface area contributed by atoms with Crippen LogP contribution >= 0.6 is 0 Å². The molecule has 0 saturated heterocycles.